The van der Waals surface area contributed by atoms with Gasteiger partial charge in [-0.05, 0) is 50.4 Å². The van der Waals surface area contributed by atoms with Gasteiger partial charge in [0, 0.05) is 18.6 Å². The maximum Gasteiger partial charge on any atom is 0.0239 e. The lowest BCUT2D eigenvalue weighted by atomic mass is 10.0. The number of hydrogen-bond donors (Lipinski definition) is 1. The third kappa shape index (κ3) is 4.32. The largest absolute Gasteiger partial charge is 0.314 e. The lowest BCUT2D eigenvalue weighted by Crippen LogP contribution is -2.28. The molecular formula is C17H28N2. The first-order valence-corrected chi connectivity index (χ1v) is 7.71. The Morgan fingerprint density at radius 2 is 2.00 bits per heavy atom. The second-order valence-electron chi connectivity index (χ2n) is 6.09. The molecule has 2 heteroatoms. The Bertz CT molecular complexity index is 387. The molecule has 0 spiro atoms. The van der Waals surface area contributed by atoms with Crippen LogP contribution in [0.3, 0.4) is 0 Å². The van der Waals surface area contributed by atoms with Gasteiger partial charge in [0.2, 0.25) is 0 Å². The highest BCUT2D eigenvalue weighted by Crippen LogP contribution is 2.21. The van der Waals surface area contributed by atoms with E-state index in [4.69, 9.17) is 0 Å². The first-order valence-electron chi connectivity index (χ1n) is 7.71. The highest BCUT2D eigenvalue weighted by Gasteiger charge is 2.20. The minimum absolute atomic E-state index is 0.575. The van der Waals surface area contributed by atoms with Gasteiger partial charge in [0.25, 0.3) is 0 Å². The van der Waals surface area contributed by atoms with Gasteiger partial charge in [-0.15, -0.1) is 0 Å². The Labute approximate surface area is 118 Å². The average molecular weight is 260 g/mol. The van der Waals surface area contributed by atoms with Crippen LogP contribution in [0.2, 0.25) is 0 Å². The van der Waals surface area contributed by atoms with Gasteiger partial charge in [0.05, 0.1) is 0 Å². The van der Waals surface area contributed by atoms with Crippen molar-refractivity contribution in [2.24, 2.45) is 0 Å². The molecule has 1 N–H and O–H groups in total. The summed E-state index contributed by atoms with van der Waals surface area (Å²) in [4.78, 5) is 2.62. The zero-order chi connectivity index (χ0) is 13.7. The Morgan fingerprint density at radius 1 is 1.26 bits per heavy atom. The summed E-state index contributed by atoms with van der Waals surface area (Å²) in [5.74, 6) is 0. The third-order valence-corrected chi connectivity index (χ3v) is 4.13. The standard InChI is InChI=1S/C17H28N2/c1-14(2)18-11-10-16-8-4-5-9-17(16)13-19-12-6-7-15(19)3/h4-5,8-9,14-15,18H,6-7,10-13H2,1-3H3. The first kappa shape index (κ1) is 14.5. The summed E-state index contributed by atoms with van der Waals surface area (Å²) >= 11 is 0. The monoisotopic (exact) mass is 260 g/mol. The minimum Gasteiger partial charge on any atom is -0.314 e. The third-order valence-electron chi connectivity index (χ3n) is 4.13. The van der Waals surface area contributed by atoms with E-state index in [-0.39, 0.29) is 0 Å². The summed E-state index contributed by atoms with van der Waals surface area (Å²) in [6.45, 7) is 10.2. The summed E-state index contributed by atoms with van der Waals surface area (Å²) < 4.78 is 0. The summed E-state index contributed by atoms with van der Waals surface area (Å²) in [6.07, 6.45) is 3.85. The molecule has 1 saturated heterocycles. The van der Waals surface area contributed by atoms with Gasteiger partial charge in [-0.25, -0.2) is 0 Å². The topological polar surface area (TPSA) is 15.3 Å². The molecule has 2 rings (SSSR count). The molecule has 1 aromatic carbocycles. The fourth-order valence-electron chi connectivity index (χ4n) is 2.90. The van der Waals surface area contributed by atoms with E-state index < -0.39 is 0 Å². The molecule has 0 bridgehead atoms. The molecule has 0 aliphatic carbocycles. The van der Waals surface area contributed by atoms with Gasteiger partial charge < -0.3 is 5.32 Å². The molecule has 0 aromatic heterocycles. The van der Waals surface area contributed by atoms with Crippen LogP contribution in [0.4, 0.5) is 0 Å². The molecule has 0 amide bonds. The van der Waals surface area contributed by atoms with E-state index in [1.165, 1.54) is 30.5 Å². The maximum absolute atomic E-state index is 3.51. The van der Waals surface area contributed by atoms with Crippen molar-refractivity contribution in [3.8, 4) is 0 Å². The summed E-state index contributed by atoms with van der Waals surface area (Å²) in [5.41, 5.74) is 3.02. The van der Waals surface area contributed by atoms with Crippen LogP contribution in [0.15, 0.2) is 24.3 Å². The molecule has 1 fully saturated rings. The Kier molecular flexibility index (Phi) is 5.41. The van der Waals surface area contributed by atoms with E-state index in [9.17, 15) is 0 Å². The van der Waals surface area contributed by atoms with Gasteiger partial charge in [-0.1, -0.05) is 38.1 Å². The van der Waals surface area contributed by atoms with Gasteiger partial charge >= 0.3 is 0 Å². The Morgan fingerprint density at radius 3 is 2.63 bits per heavy atom. The SMILES string of the molecule is CC(C)NCCc1ccccc1CN1CCCC1C. The predicted molar refractivity (Wildman–Crippen MR) is 82.4 cm³/mol. The van der Waals surface area contributed by atoms with Gasteiger partial charge in [-0.2, -0.15) is 0 Å². The van der Waals surface area contributed by atoms with Gasteiger partial charge in [0.15, 0.2) is 0 Å². The summed E-state index contributed by atoms with van der Waals surface area (Å²) in [5, 5.41) is 3.51. The van der Waals surface area contributed by atoms with E-state index >= 15 is 0 Å². The molecule has 1 heterocycles. The molecule has 106 valence electrons. The summed E-state index contributed by atoms with van der Waals surface area (Å²) in [6, 6.07) is 10.3. The lowest BCUT2D eigenvalue weighted by molar-refractivity contribution is 0.259. The van der Waals surface area contributed by atoms with E-state index in [2.05, 4.69) is 55.3 Å². The normalized spacial score (nSPS) is 20.3. The molecule has 1 aromatic rings. The first-order chi connectivity index (χ1) is 9.16. The number of nitrogens with zero attached hydrogens (tertiary/aromatic N) is 1. The average Bonchev–Trinajstić information content (AvgIpc) is 2.77. The second kappa shape index (κ2) is 7.06. The minimum atomic E-state index is 0.575. The second-order valence-corrected chi connectivity index (χ2v) is 6.09. The Balaban J connectivity index is 1.95. The zero-order valence-electron chi connectivity index (χ0n) is 12.7. The van der Waals surface area contributed by atoms with E-state index in [0.29, 0.717) is 6.04 Å². The number of rotatable bonds is 6. The molecular weight excluding hydrogens is 232 g/mol. The van der Waals surface area contributed by atoms with Gasteiger partial charge in [-0.3, -0.25) is 4.90 Å². The number of likely N-dealkylation sites (tertiary alicyclic amines) is 1. The van der Waals surface area contributed by atoms with Crippen LogP contribution in [-0.2, 0) is 13.0 Å². The highest BCUT2D eigenvalue weighted by molar-refractivity contribution is 5.27. The molecule has 2 nitrogen and oxygen atoms in total. The number of benzene rings is 1. The number of hydrogen-bond acceptors (Lipinski definition) is 2. The molecule has 1 atom stereocenters. The molecule has 0 saturated carbocycles. The van der Waals surface area contributed by atoms with Gasteiger partial charge in [0.1, 0.15) is 0 Å². The van der Waals surface area contributed by atoms with Crippen molar-refractivity contribution in [3.63, 3.8) is 0 Å². The lowest BCUT2D eigenvalue weighted by Gasteiger charge is -2.22. The van der Waals surface area contributed by atoms with Crippen molar-refractivity contribution >= 4 is 0 Å². The quantitative estimate of drug-likeness (QED) is 0.845. The molecule has 0 radical (unpaired) electrons. The highest BCUT2D eigenvalue weighted by atomic mass is 15.2. The van der Waals surface area contributed by atoms with Crippen LogP contribution in [0.25, 0.3) is 0 Å². The van der Waals surface area contributed by atoms with E-state index in [0.717, 1.165) is 25.6 Å². The molecule has 1 aliphatic heterocycles. The van der Waals surface area contributed by atoms with Crippen LogP contribution in [-0.4, -0.2) is 30.1 Å². The van der Waals surface area contributed by atoms with Crippen LogP contribution in [0.5, 0.6) is 0 Å². The van der Waals surface area contributed by atoms with Crippen LogP contribution >= 0.6 is 0 Å². The van der Waals surface area contributed by atoms with Crippen LogP contribution < -0.4 is 5.32 Å². The van der Waals surface area contributed by atoms with Crippen molar-refractivity contribution < 1.29 is 0 Å². The molecule has 19 heavy (non-hydrogen) atoms. The van der Waals surface area contributed by atoms with Crippen LogP contribution in [0, 0.1) is 0 Å². The molecule has 1 unspecified atom stereocenters. The molecule has 1 aliphatic rings. The number of nitrogens with one attached hydrogen (secondary N) is 1. The van der Waals surface area contributed by atoms with Crippen molar-refractivity contribution in [2.75, 3.05) is 13.1 Å². The fraction of sp³-hybridized carbons (Fsp3) is 0.647. The summed E-state index contributed by atoms with van der Waals surface area (Å²) in [7, 11) is 0. The van der Waals surface area contributed by atoms with E-state index in [1.807, 2.05) is 0 Å². The van der Waals surface area contributed by atoms with Crippen molar-refractivity contribution in [1.29, 1.82) is 0 Å². The van der Waals surface area contributed by atoms with Crippen LogP contribution in [0.1, 0.15) is 44.7 Å². The Hall–Kier alpha value is -0.860. The fourth-order valence-corrected chi connectivity index (χ4v) is 2.90. The zero-order valence-corrected chi connectivity index (χ0v) is 12.7. The maximum atomic E-state index is 3.51. The van der Waals surface area contributed by atoms with Crippen molar-refractivity contribution in [1.82, 2.24) is 10.2 Å². The smallest absolute Gasteiger partial charge is 0.0239 e. The predicted octanol–water partition coefficient (Wildman–Crippen LogP) is 3.21. The van der Waals surface area contributed by atoms with E-state index in [1.54, 1.807) is 0 Å². The van der Waals surface area contributed by atoms with Crippen molar-refractivity contribution in [3.05, 3.63) is 35.4 Å². The van der Waals surface area contributed by atoms with Crippen molar-refractivity contribution in [2.45, 2.75) is 58.7 Å².